The van der Waals surface area contributed by atoms with Crippen LogP contribution in [0.4, 0.5) is 5.95 Å². The fourth-order valence-electron chi connectivity index (χ4n) is 1.96. The average Bonchev–Trinajstić information content (AvgIpc) is 2.85. The monoisotopic (exact) mass is 306 g/mol. The Balaban J connectivity index is 2.20. The Morgan fingerprint density at radius 3 is 2.76 bits per heavy atom. The molecule has 1 aromatic heterocycles. The lowest BCUT2D eigenvalue weighted by atomic mass is 10.1. The zero-order chi connectivity index (χ0) is 15.4. The van der Waals surface area contributed by atoms with E-state index in [-0.39, 0.29) is 11.9 Å². The number of hydrazine groups is 1. The summed E-state index contributed by atoms with van der Waals surface area (Å²) in [5.41, 5.74) is 9.39. The summed E-state index contributed by atoms with van der Waals surface area (Å²) in [6.45, 7) is 4.03. The third-order valence-electron chi connectivity index (χ3n) is 2.96. The van der Waals surface area contributed by atoms with E-state index in [1.54, 1.807) is 12.1 Å². The van der Waals surface area contributed by atoms with Gasteiger partial charge in [-0.05, 0) is 25.5 Å². The minimum absolute atomic E-state index is 0.171. The van der Waals surface area contributed by atoms with Crippen LogP contribution in [0.25, 0.3) is 0 Å². The Morgan fingerprint density at radius 2 is 2.10 bits per heavy atom. The maximum Gasteiger partial charge on any atom is 0.265 e. The molecule has 0 spiro atoms. The first-order valence-electron chi connectivity index (χ1n) is 6.46. The lowest BCUT2D eigenvalue weighted by molar-refractivity contribution is 0.0953. The highest BCUT2D eigenvalue weighted by Crippen LogP contribution is 2.26. The Labute approximate surface area is 127 Å². The van der Waals surface area contributed by atoms with Crippen molar-refractivity contribution in [2.45, 2.75) is 30.8 Å². The summed E-state index contributed by atoms with van der Waals surface area (Å²) in [4.78, 5) is 11.7. The molecule has 5 N–H and O–H groups in total. The number of nitrogens with two attached hydrogens (primary N) is 2. The van der Waals surface area contributed by atoms with Gasteiger partial charge < -0.3 is 5.73 Å². The molecule has 0 bridgehead atoms. The summed E-state index contributed by atoms with van der Waals surface area (Å²) in [5, 5.41) is 8.69. The van der Waals surface area contributed by atoms with Crippen LogP contribution in [0, 0.1) is 0 Å². The standard InChI is InChI=1S/C13H18N6OS/c1-8(2)19-12(14)17-18-13(19)21-7-9-5-3-4-6-10(9)11(20)16-15/h3-6,8H,7,15H2,1-2H3,(H2,14,17)(H,16,20). The van der Waals surface area contributed by atoms with Crippen molar-refractivity contribution in [3.8, 4) is 0 Å². The van der Waals surface area contributed by atoms with Crippen molar-refractivity contribution in [1.29, 1.82) is 0 Å². The molecule has 0 aliphatic heterocycles. The van der Waals surface area contributed by atoms with E-state index in [0.29, 0.717) is 17.3 Å². The van der Waals surface area contributed by atoms with Gasteiger partial charge in [0.25, 0.3) is 5.91 Å². The summed E-state index contributed by atoms with van der Waals surface area (Å²) >= 11 is 1.48. The molecule has 0 aliphatic rings. The Morgan fingerprint density at radius 1 is 1.38 bits per heavy atom. The predicted molar refractivity (Wildman–Crippen MR) is 82.5 cm³/mol. The van der Waals surface area contributed by atoms with Gasteiger partial charge >= 0.3 is 0 Å². The molecule has 1 heterocycles. The number of nitrogens with zero attached hydrogens (tertiary/aromatic N) is 3. The van der Waals surface area contributed by atoms with Gasteiger partial charge in [0.15, 0.2) is 5.16 Å². The summed E-state index contributed by atoms with van der Waals surface area (Å²) in [5.74, 6) is 5.86. The number of nitrogen functional groups attached to an aromatic ring is 2. The predicted octanol–water partition coefficient (Wildman–Crippen LogP) is 1.34. The van der Waals surface area contributed by atoms with Gasteiger partial charge in [-0.25, -0.2) is 5.84 Å². The first-order chi connectivity index (χ1) is 10.0. The van der Waals surface area contributed by atoms with E-state index < -0.39 is 0 Å². The molecule has 1 amide bonds. The first-order valence-corrected chi connectivity index (χ1v) is 7.45. The Hall–Kier alpha value is -2.06. The number of aromatic nitrogens is 3. The van der Waals surface area contributed by atoms with Crippen LogP contribution in [0.5, 0.6) is 0 Å². The molecular formula is C13H18N6OS. The van der Waals surface area contributed by atoms with Gasteiger partial charge in [0.1, 0.15) is 0 Å². The molecule has 0 fully saturated rings. The summed E-state index contributed by atoms with van der Waals surface area (Å²) in [7, 11) is 0. The van der Waals surface area contributed by atoms with Crippen LogP contribution < -0.4 is 17.0 Å². The minimum atomic E-state index is -0.309. The zero-order valence-corrected chi connectivity index (χ0v) is 12.7. The number of carbonyl (C=O) groups is 1. The van der Waals surface area contributed by atoms with E-state index in [2.05, 4.69) is 15.6 Å². The van der Waals surface area contributed by atoms with Crippen LogP contribution in [0.3, 0.4) is 0 Å². The number of carbonyl (C=O) groups excluding carboxylic acids is 1. The minimum Gasteiger partial charge on any atom is -0.368 e. The van der Waals surface area contributed by atoms with Gasteiger partial charge in [-0.1, -0.05) is 30.0 Å². The Kier molecular flexibility index (Phi) is 4.81. The molecule has 2 aromatic rings. The second-order valence-electron chi connectivity index (χ2n) is 4.72. The number of hydrogen-bond donors (Lipinski definition) is 3. The number of benzene rings is 1. The second-order valence-corrected chi connectivity index (χ2v) is 5.67. The van der Waals surface area contributed by atoms with Crippen LogP contribution in [-0.2, 0) is 5.75 Å². The second kappa shape index (κ2) is 6.59. The largest absolute Gasteiger partial charge is 0.368 e. The highest BCUT2D eigenvalue weighted by Gasteiger charge is 2.15. The molecular weight excluding hydrogens is 288 g/mol. The maximum absolute atomic E-state index is 11.7. The van der Waals surface area contributed by atoms with Crippen molar-refractivity contribution in [1.82, 2.24) is 20.2 Å². The van der Waals surface area contributed by atoms with Crippen LogP contribution in [0.2, 0.25) is 0 Å². The van der Waals surface area contributed by atoms with Crippen molar-refractivity contribution in [3.05, 3.63) is 35.4 Å². The molecule has 0 unspecified atom stereocenters. The van der Waals surface area contributed by atoms with Crippen LogP contribution in [0.15, 0.2) is 29.4 Å². The van der Waals surface area contributed by atoms with Crippen LogP contribution in [0.1, 0.15) is 35.8 Å². The number of amides is 1. The Bertz CT molecular complexity index is 639. The molecule has 7 nitrogen and oxygen atoms in total. The average molecular weight is 306 g/mol. The van der Waals surface area contributed by atoms with Crippen molar-refractivity contribution < 1.29 is 4.79 Å². The van der Waals surface area contributed by atoms with Gasteiger partial charge in [-0.15, -0.1) is 10.2 Å². The van der Waals surface area contributed by atoms with Crippen molar-refractivity contribution in [2.24, 2.45) is 5.84 Å². The van der Waals surface area contributed by atoms with Crippen molar-refractivity contribution >= 4 is 23.6 Å². The number of thioether (sulfide) groups is 1. The van der Waals surface area contributed by atoms with E-state index in [1.165, 1.54) is 11.8 Å². The first kappa shape index (κ1) is 15.3. The lowest BCUT2D eigenvalue weighted by Crippen LogP contribution is -2.30. The van der Waals surface area contributed by atoms with E-state index >= 15 is 0 Å². The molecule has 0 radical (unpaired) electrons. The van der Waals surface area contributed by atoms with Crippen molar-refractivity contribution in [2.75, 3.05) is 5.73 Å². The molecule has 8 heteroatoms. The molecule has 0 saturated heterocycles. The highest BCUT2D eigenvalue weighted by atomic mass is 32.2. The zero-order valence-electron chi connectivity index (χ0n) is 11.9. The van der Waals surface area contributed by atoms with E-state index in [0.717, 1.165) is 10.7 Å². The number of hydrogen-bond acceptors (Lipinski definition) is 6. The fraction of sp³-hybridized carbons (Fsp3) is 0.308. The molecule has 0 aliphatic carbocycles. The lowest BCUT2D eigenvalue weighted by Gasteiger charge is -2.12. The van der Waals surface area contributed by atoms with E-state index in [4.69, 9.17) is 11.6 Å². The van der Waals surface area contributed by atoms with Gasteiger partial charge in [-0.3, -0.25) is 14.8 Å². The smallest absolute Gasteiger partial charge is 0.265 e. The van der Waals surface area contributed by atoms with E-state index in [1.807, 2.05) is 30.5 Å². The van der Waals surface area contributed by atoms with Gasteiger partial charge in [-0.2, -0.15) is 0 Å². The van der Waals surface area contributed by atoms with Crippen LogP contribution in [-0.4, -0.2) is 20.7 Å². The maximum atomic E-state index is 11.7. The van der Waals surface area contributed by atoms with Gasteiger partial charge in [0.2, 0.25) is 5.95 Å². The van der Waals surface area contributed by atoms with Crippen molar-refractivity contribution in [3.63, 3.8) is 0 Å². The normalized spacial score (nSPS) is 10.9. The SMILES string of the molecule is CC(C)n1c(N)nnc1SCc1ccccc1C(=O)NN. The number of nitrogens with one attached hydrogen (secondary N) is 1. The fourth-order valence-corrected chi connectivity index (χ4v) is 3.04. The molecule has 112 valence electrons. The summed E-state index contributed by atoms with van der Waals surface area (Å²) in [6.07, 6.45) is 0. The third kappa shape index (κ3) is 3.34. The quantitative estimate of drug-likeness (QED) is 0.332. The summed E-state index contributed by atoms with van der Waals surface area (Å²) < 4.78 is 1.86. The van der Waals surface area contributed by atoms with Gasteiger partial charge in [0, 0.05) is 17.4 Å². The van der Waals surface area contributed by atoms with Gasteiger partial charge in [0.05, 0.1) is 0 Å². The topological polar surface area (TPSA) is 112 Å². The molecule has 0 atom stereocenters. The molecule has 1 aromatic carbocycles. The number of rotatable bonds is 5. The molecule has 21 heavy (non-hydrogen) atoms. The number of anilines is 1. The molecule has 0 saturated carbocycles. The third-order valence-corrected chi connectivity index (χ3v) is 3.95. The van der Waals surface area contributed by atoms with E-state index in [9.17, 15) is 4.79 Å². The molecule has 2 rings (SSSR count). The van der Waals surface area contributed by atoms with Crippen LogP contribution >= 0.6 is 11.8 Å². The summed E-state index contributed by atoms with van der Waals surface area (Å²) in [6, 6.07) is 7.47. The highest BCUT2D eigenvalue weighted by molar-refractivity contribution is 7.98.